The van der Waals surface area contributed by atoms with E-state index in [1.165, 1.54) is 5.56 Å². The molecule has 8 heteroatoms. The fourth-order valence-corrected chi connectivity index (χ4v) is 4.27. The lowest BCUT2D eigenvalue weighted by Crippen LogP contribution is -2.38. The van der Waals surface area contributed by atoms with E-state index in [4.69, 9.17) is 0 Å². The number of nitrogens with one attached hydrogen (secondary N) is 1. The van der Waals surface area contributed by atoms with Crippen LogP contribution in [0.25, 0.3) is 5.69 Å². The van der Waals surface area contributed by atoms with Gasteiger partial charge in [-0.2, -0.15) is 5.10 Å². The number of anilines is 1. The number of aryl methyl sites for hydroxylation is 2. The van der Waals surface area contributed by atoms with Gasteiger partial charge in [-0.25, -0.2) is 13.8 Å². The zero-order valence-electron chi connectivity index (χ0n) is 18.0. The molecule has 0 atom stereocenters. The number of nitrogens with zero attached hydrogens (tertiary/aromatic N) is 3. The Morgan fingerprint density at radius 1 is 1.06 bits per heavy atom. The number of aromatic nitrogens is 1. The summed E-state index contributed by atoms with van der Waals surface area (Å²) in [7, 11) is -3.62. The van der Waals surface area contributed by atoms with Crippen molar-refractivity contribution < 1.29 is 13.2 Å². The Morgan fingerprint density at radius 3 is 2.42 bits per heavy atom. The first-order chi connectivity index (χ1) is 14.7. The van der Waals surface area contributed by atoms with Gasteiger partial charge in [0.1, 0.15) is 6.54 Å². The van der Waals surface area contributed by atoms with Gasteiger partial charge in [-0.1, -0.05) is 30.3 Å². The van der Waals surface area contributed by atoms with Crippen LogP contribution in [0.2, 0.25) is 0 Å². The first-order valence-corrected chi connectivity index (χ1v) is 11.6. The van der Waals surface area contributed by atoms with Gasteiger partial charge in [0.05, 0.1) is 18.2 Å². The fraction of sp³-hybridized carbons (Fsp3) is 0.217. The molecule has 162 valence electrons. The molecule has 0 fully saturated rings. The van der Waals surface area contributed by atoms with E-state index in [2.05, 4.69) is 21.2 Å². The van der Waals surface area contributed by atoms with Crippen molar-refractivity contribution in [2.24, 2.45) is 5.10 Å². The lowest BCUT2D eigenvalue weighted by Gasteiger charge is -2.21. The quantitative estimate of drug-likeness (QED) is 0.454. The highest BCUT2D eigenvalue weighted by atomic mass is 32.2. The number of amides is 1. The van der Waals surface area contributed by atoms with Crippen molar-refractivity contribution in [2.45, 2.75) is 20.8 Å². The molecule has 3 aromatic rings. The molecule has 0 aliphatic heterocycles. The van der Waals surface area contributed by atoms with Crippen molar-refractivity contribution in [1.82, 2.24) is 9.99 Å². The summed E-state index contributed by atoms with van der Waals surface area (Å²) in [4.78, 5) is 12.3. The first-order valence-electron chi connectivity index (χ1n) is 9.77. The lowest BCUT2D eigenvalue weighted by atomic mass is 10.2. The van der Waals surface area contributed by atoms with Crippen molar-refractivity contribution in [3.8, 4) is 5.69 Å². The molecule has 0 bridgehead atoms. The number of hydrazone groups is 1. The predicted molar refractivity (Wildman–Crippen MR) is 124 cm³/mol. The van der Waals surface area contributed by atoms with E-state index < -0.39 is 15.9 Å². The molecule has 1 aromatic heterocycles. The van der Waals surface area contributed by atoms with Crippen molar-refractivity contribution >= 4 is 27.8 Å². The maximum atomic E-state index is 12.3. The molecule has 0 aliphatic carbocycles. The lowest BCUT2D eigenvalue weighted by molar-refractivity contribution is -0.119. The normalized spacial score (nSPS) is 11.6. The fourth-order valence-electron chi connectivity index (χ4n) is 3.42. The largest absolute Gasteiger partial charge is 0.318 e. The SMILES string of the molecule is Cc1cccc(-n2c(C)cc(/C=N\NC(=O)CN(c3ccccc3)S(C)(=O)=O)c2C)c1. The van der Waals surface area contributed by atoms with Crippen molar-refractivity contribution in [2.75, 3.05) is 17.1 Å². The number of hydrogen-bond acceptors (Lipinski definition) is 4. The van der Waals surface area contributed by atoms with Crippen LogP contribution in [0.3, 0.4) is 0 Å². The number of carbonyl (C=O) groups excluding carboxylic acids is 1. The topological polar surface area (TPSA) is 83.8 Å². The van der Waals surface area contributed by atoms with E-state index in [9.17, 15) is 13.2 Å². The highest BCUT2D eigenvalue weighted by Crippen LogP contribution is 2.20. The van der Waals surface area contributed by atoms with Crippen molar-refractivity contribution in [1.29, 1.82) is 0 Å². The number of carbonyl (C=O) groups is 1. The molecular formula is C23H26N4O3S. The summed E-state index contributed by atoms with van der Waals surface area (Å²) in [5, 5.41) is 4.04. The second-order valence-corrected chi connectivity index (χ2v) is 9.31. The van der Waals surface area contributed by atoms with Crippen molar-refractivity contribution in [3.05, 3.63) is 83.2 Å². The van der Waals surface area contributed by atoms with Gasteiger partial charge in [-0.05, 0) is 56.7 Å². The van der Waals surface area contributed by atoms with Crippen LogP contribution >= 0.6 is 0 Å². The number of para-hydroxylation sites is 1. The average molecular weight is 439 g/mol. The second kappa shape index (κ2) is 9.18. The number of rotatable bonds is 7. The molecule has 0 aliphatic rings. The highest BCUT2D eigenvalue weighted by molar-refractivity contribution is 7.92. The third kappa shape index (κ3) is 5.40. The summed E-state index contributed by atoms with van der Waals surface area (Å²) in [6.07, 6.45) is 2.64. The van der Waals surface area contributed by atoms with Gasteiger partial charge in [-0.15, -0.1) is 0 Å². The smallest absolute Gasteiger partial charge is 0.260 e. The minimum absolute atomic E-state index is 0.359. The van der Waals surface area contributed by atoms with Gasteiger partial charge in [-0.3, -0.25) is 9.10 Å². The molecule has 31 heavy (non-hydrogen) atoms. The molecule has 0 spiro atoms. The van der Waals surface area contributed by atoms with E-state index in [1.54, 1.807) is 36.5 Å². The summed E-state index contributed by atoms with van der Waals surface area (Å²) in [6, 6.07) is 18.7. The van der Waals surface area contributed by atoms with Crippen LogP contribution in [0.15, 0.2) is 65.8 Å². The Labute approximate surface area is 183 Å². The molecule has 1 heterocycles. The molecule has 0 saturated carbocycles. The van der Waals surface area contributed by atoms with Gasteiger partial charge in [0.15, 0.2) is 0 Å². The Balaban J connectivity index is 1.73. The Hall–Kier alpha value is -3.39. The second-order valence-electron chi connectivity index (χ2n) is 7.40. The minimum atomic E-state index is -3.62. The monoisotopic (exact) mass is 438 g/mol. The third-order valence-electron chi connectivity index (χ3n) is 4.85. The van der Waals surface area contributed by atoms with Gasteiger partial charge in [0.2, 0.25) is 10.0 Å². The Morgan fingerprint density at radius 2 is 1.77 bits per heavy atom. The van der Waals surface area contributed by atoms with Crippen LogP contribution in [0.5, 0.6) is 0 Å². The summed E-state index contributed by atoms with van der Waals surface area (Å²) < 4.78 is 27.4. The summed E-state index contributed by atoms with van der Waals surface area (Å²) >= 11 is 0. The minimum Gasteiger partial charge on any atom is -0.318 e. The van der Waals surface area contributed by atoms with E-state index in [0.29, 0.717) is 5.69 Å². The third-order valence-corrected chi connectivity index (χ3v) is 6.00. The molecule has 0 saturated heterocycles. The molecule has 0 unspecified atom stereocenters. The van der Waals surface area contributed by atoms with E-state index in [1.807, 2.05) is 45.0 Å². The van der Waals surface area contributed by atoms with Crippen LogP contribution in [0.1, 0.15) is 22.5 Å². The van der Waals surface area contributed by atoms with E-state index in [0.717, 1.165) is 33.2 Å². The summed E-state index contributed by atoms with van der Waals surface area (Å²) in [5.74, 6) is -0.530. The zero-order chi connectivity index (χ0) is 22.6. The van der Waals surface area contributed by atoms with Crippen molar-refractivity contribution in [3.63, 3.8) is 0 Å². The predicted octanol–water partition coefficient (Wildman–Crippen LogP) is 3.32. The highest BCUT2D eigenvalue weighted by Gasteiger charge is 2.20. The van der Waals surface area contributed by atoms with Gasteiger partial charge < -0.3 is 4.57 Å². The maximum absolute atomic E-state index is 12.3. The maximum Gasteiger partial charge on any atom is 0.260 e. The summed E-state index contributed by atoms with van der Waals surface area (Å²) in [6.45, 7) is 5.68. The molecule has 1 amide bonds. The van der Waals surface area contributed by atoms with Gasteiger partial charge in [0.25, 0.3) is 5.91 Å². The number of benzene rings is 2. The molecule has 7 nitrogen and oxygen atoms in total. The molecule has 2 aromatic carbocycles. The van der Waals surface area contributed by atoms with E-state index in [-0.39, 0.29) is 6.54 Å². The summed E-state index contributed by atoms with van der Waals surface area (Å²) in [5.41, 5.74) is 7.97. The average Bonchev–Trinajstić information content (AvgIpc) is 2.99. The van der Waals surface area contributed by atoms with Crippen LogP contribution in [-0.4, -0.2) is 37.9 Å². The van der Waals surface area contributed by atoms with Crippen LogP contribution in [0, 0.1) is 20.8 Å². The Bertz CT molecular complexity index is 1210. The van der Waals surface area contributed by atoms with E-state index >= 15 is 0 Å². The molecule has 0 radical (unpaired) electrons. The molecular weight excluding hydrogens is 412 g/mol. The van der Waals surface area contributed by atoms with Crippen LogP contribution in [-0.2, 0) is 14.8 Å². The zero-order valence-corrected chi connectivity index (χ0v) is 18.8. The standard InChI is InChI=1S/C23H26N4O3S/c1-17-9-8-12-22(13-17)27-18(2)14-20(19(27)3)15-24-25-23(28)16-26(31(4,29)30)21-10-6-5-7-11-21/h5-15H,16H2,1-4H3,(H,25,28)/b24-15-. The van der Waals surface area contributed by atoms with Gasteiger partial charge >= 0.3 is 0 Å². The van der Waals surface area contributed by atoms with Gasteiger partial charge in [0, 0.05) is 22.6 Å². The first kappa shape index (κ1) is 22.3. The molecule has 3 rings (SSSR count). The van der Waals surface area contributed by atoms with Crippen LogP contribution < -0.4 is 9.73 Å². The molecule has 1 N–H and O–H groups in total. The number of hydrogen-bond donors (Lipinski definition) is 1. The number of sulfonamides is 1. The van der Waals surface area contributed by atoms with Crippen LogP contribution in [0.4, 0.5) is 5.69 Å². The Kier molecular flexibility index (Phi) is 6.60.